The number of rotatable bonds is 11. The highest BCUT2D eigenvalue weighted by molar-refractivity contribution is 6.01. The molecule has 0 aromatic heterocycles. The van der Waals surface area contributed by atoms with Gasteiger partial charge in [-0.05, 0) is 48.4 Å². The summed E-state index contributed by atoms with van der Waals surface area (Å²) in [6.45, 7) is 2.65. The summed E-state index contributed by atoms with van der Waals surface area (Å²) >= 11 is 0. The van der Waals surface area contributed by atoms with Crippen molar-refractivity contribution < 1.29 is 24.2 Å². The van der Waals surface area contributed by atoms with Gasteiger partial charge in [0.15, 0.2) is 0 Å². The molecule has 7 heteroatoms. The van der Waals surface area contributed by atoms with Gasteiger partial charge in [-0.15, -0.1) is 0 Å². The Bertz CT molecular complexity index is 1160. The Kier molecular flexibility index (Phi) is 8.64. The fourth-order valence-corrected chi connectivity index (χ4v) is 3.31. The standard InChI is InChI=1S/C27H26N2O5/c1-19-4-3-5-22(14-19)26(29-32-2)18-34-24-10-6-20(7-11-24)17-33-25-12-8-21(9-13-25)23(16-28)15-27(30)31/h3-14,23H,15,17-18H2,1-2H3,(H,30,31)/b29-26+. The topological polar surface area (TPSA) is 101 Å². The second-order valence-electron chi connectivity index (χ2n) is 7.66. The lowest BCUT2D eigenvalue weighted by molar-refractivity contribution is -0.137. The quantitative estimate of drug-likeness (QED) is 0.317. The monoisotopic (exact) mass is 458 g/mol. The second-order valence-corrected chi connectivity index (χ2v) is 7.66. The maximum Gasteiger partial charge on any atom is 0.305 e. The molecule has 0 heterocycles. The average Bonchev–Trinajstić information content (AvgIpc) is 2.84. The summed E-state index contributed by atoms with van der Waals surface area (Å²) in [5.41, 5.74) is 4.39. The molecule has 3 aromatic rings. The maximum atomic E-state index is 10.9. The van der Waals surface area contributed by atoms with Crippen molar-refractivity contribution in [2.24, 2.45) is 5.16 Å². The molecule has 174 valence electrons. The molecule has 1 unspecified atom stereocenters. The summed E-state index contributed by atoms with van der Waals surface area (Å²) in [7, 11) is 1.51. The molecular formula is C27H26N2O5. The minimum atomic E-state index is -1.00. The summed E-state index contributed by atoms with van der Waals surface area (Å²) in [6.07, 6.45) is -0.227. The Balaban J connectivity index is 1.54. The summed E-state index contributed by atoms with van der Waals surface area (Å²) in [5.74, 6) is -0.351. The Morgan fingerprint density at radius 3 is 2.32 bits per heavy atom. The Hall–Kier alpha value is -4.31. The van der Waals surface area contributed by atoms with Crippen LogP contribution in [0.15, 0.2) is 78.0 Å². The van der Waals surface area contributed by atoms with Crippen LogP contribution in [0.25, 0.3) is 0 Å². The van der Waals surface area contributed by atoms with Gasteiger partial charge in [0.05, 0.1) is 18.4 Å². The van der Waals surface area contributed by atoms with Gasteiger partial charge in [-0.3, -0.25) is 4.79 Å². The Morgan fingerprint density at radius 1 is 1.03 bits per heavy atom. The number of oxime groups is 1. The second kappa shape index (κ2) is 12.1. The number of nitriles is 1. The van der Waals surface area contributed by atoms with E-state index in [0.29, 0.717) is 29.4 Å². The fraction of sp³-hybridized carbons (Fsp3) is 0.222. The molecule has 0 aliphatic heterocycles. The number of aliphatic carboxylic acids is 1. The van der Waals surface area contributed by atoms with Crippen LogP contribution in [-0.2, 0) is 16.2 Å². The highest BCUT2D eigenvalue weighted by atomic mass is 16.6. The van der Waals surface area contributed by atoms with Crippen molar-refractivity contribution in [3.05, 3.63) is 95.1 Å². The van der Waals surface area contributed by atoms with Crippen LogP contribution in [0.1, 0.15) is 34.6 Å². The largest absolute Gasteiger partial charge is 0.489 e. The van der Waals surface area contributed by atoms with Gasteiger partial charge < -0.3 is 19.4 Å². The third kappa shape index (κ3) is 7.10. The van der Waals surface area contributed by atoms with Crippen molar-refractivity contribution in [1.29, 1.82) is 5.26 Å². The van der Waals surface area contributed by atoms with E-state index in [0.717, 1.165) is 16.7 Å². The number of nitrogens with zero attached hydrogens (tertiary/aromatic N) is 2. The third-order valence-electron chi connectivity index (χ3n) is 5.07. The first kappa shape index (κ1) is 24.3. The molecule has 0 saturated heterocycles. The number of carboxylic acid groups (broad SMARTS) is 1. The zero-order valence-electron chi connectivity index (χ0n) is 19.1. The predicted molar refractivity (Wildman–Crippen MR) is 128 cm³/mol. The average molecular weight is 459 g/mol. The van der Waals surface area contributed by atoms with E-state index in [1.165, 1.54) is 7.11 Å². The first-order chi connectivity index (χ1) is 16.5. The molecule has 0 fully saturated rings. The molecule has 7 nitrogen and oxygen atoms in total. The number of carbonyl (C=O) groups is 1. The van der Waals surface area contributed by atoms with Crippen molar-refractivity contribution in [3.63, 3.8) is 0 Å². The van der Waals surface area contributed by atoms with E-state index in [1.807, 2.05) is 61.5 Å². The lowest BCUT2D eigenvalue weighted by Crippen LogP contribution is -2.13. The van der Waals surface area contributed by atoms with Gasteiger partial charge in [-0.2, -0.15) is 5.26 Å². The van der Waals surface area contributed by atoms with Crippen LogP contribution in [0.3, 0.4) is 0 Å². The molecule has 0 aliphatic carbocycles. The summed E-state index contributed by atoms with van der Waals surface area (Å²) in [5, 5.41) is 22.2. The van der Waals surface area contributed by atoms with E-state index in [1.54, 1.807) is 24.3 Å². The predicted octanol–water partition coefficient (Wildman–Crippen LogP) is 5.09. The van der Waals surface area contributed by atoms with E-state index in [2.05, 4.69) is 5.16 Å². The molecule has 0 bridgehead atoms. The highest BCUT2D eigenvalue weighted by Crippen LogP contribution is 2.23. The minimum absolute atomic E-state index is 0.227. The van der Waals surface area contributed by atoms with Crippen LogP contribution >= 0.6 is 0 Å². The molecule has 3 rings (SSSR count). The Morgan fingerprint density at radius 2 is 1.71 bits per heavy atom. The van der Waals surface area contributed by atoms with Gasteiger partial charge >= 0.3 is 5.97 Å². The van der Waals surface area contributed by atoms with Crippen LogP contribution in [0.2, 0.25) is 0 Å². The van der Waals surface area contributed by atoms with Gasteiger partial charge in [0.25, 0.3) is 0 Å². The summed E-state index contributed by atoms with van der Waals surface area (Å²) < 4.78 is 11.7. The lowest BCUT2D eigenvalue weighted by atomic mass is 9.97. The first-order valence-electron chi connectivity index (χ1n) is 10.7. The zero-order chi connectivity index (χ0) is 24.3. The Labute approximate surface area is 198 Å². The number of aryl methyl sites for hydroxylation is 1. The van der Waals surface area contributed by atoms with E-state index in [4.69, 9.17) is 24.7 Å². The fourth-order valence-electron chi connectivity index (χ4n) is 3.31. The third-order valence-corrected chi connectivity index (χ3v) is 5.07. The zero-order valence-corrected chi connectivity index (χ0v) is 19.1. The van der Waals surface area contributed by atoms with Crippen LogP contribution in [-0.4, -0.2) is 30.5 Å². The van der Waals surface area contributed by atoms with Crippen molar-refractivity contribution in [2.75, 3.05) is 13.7 Å². The number of carboxylic acids is 1. The number of hydrogen-bond acceptors (Lipinski definition) is 6. The number of benzene rings is 3. The molecule has 1 atom stereocenters. The molecular weight excluding hydrogens is 432 g/mol. The molecule has 0 amide bonds. The normalized spacial score (nSPS) is 11.9. The van der Waals surface area contributed by atoms with Gasteiger partial charge in [-0.1, -0.05) is 53.2 Å². The lowest BCUT2D eigenvalue weighted by Gasteiger charge is -2.11. The van der Waals surface area contributed by atoms with E-state index >= 15 is 0 Å². The number of hydrogen-bond donors (Lipinski definition) is 1. The molecule has 34 heavy (non-hydrogen) atoms. The van der Waals surface area contributed by atoms with Crippen molar-refractivity contribution >= 4 is 11.7 Å². The van der Waals surface area contributed by atoms with Crippen molar-refractivity contribution in [2.45, 2.75) is 25.9 Å². The van der Waals surface area contributed by atoms with Crippen molar-refractivity contribution in [3.8, 4) is 17.6 Å². The van der Waals surface area contributed by atoms with Crippen LogP contribution in [0, 0.1) is 18.3 Å². The maximum absolute atomic E-state index is 10.9. The van der Waals surface area contributed by atoms with Crippen molar-refractivity contribution in [1.82, 2.24) is 0 Å². The van der Waals surface area contributed by atoms with Crippen LogP contribution in [0.5, 0.6) is 11.5 Å². The van der Waals surface area contributed by atoms with Gasteiger partial charge in [0.1, 0.15) is 37.5 Å². The molecule has 0 spiro atoms. The summed E-state index contributed by atoms with van der Waals surface area (Å²) in [4.78, 5) is 15.8. The van der Waals surface area contributed by atoms with E-state index in [-0.39, 0.29) is 13.0 Å². The van der Waals surface area contributed by atoms with Crippen LogP contribution in [0.4, 0.5) is 0 Å². The molecule has 0 radical (unpaired) electrons. The molecule has 1 N–H and O–H groups in total. The van der Waals surface area contributed by atoms with Gasteiger partial charge in [0, 0.05) is 5.56 Å². The number of ether oxygens (including phenoxy) is 2. The molecule has 3 aromatic carbocycles. The van der Waals surface area contributed by atoms with Gasteiger partial charge in [-0.25, -0.2) is 0 Å². The molecule has 0 aliphatic rings. The van der Waals surface area contributed by atoms with E-state index < -0.39 is 11.9 Å². The molecule has 0 saturated carbocycles. The van der Waals surface area contributed by atoms with E-state index in [9.17, 15) is 4.79 Å². The van der Waals surface area contributed by atoms with Gasteiger partial charge in [0.2, 0.25) is 0 Å². The SMILES string of the molecule is CO/N=C(\COc1ccc(COc2ccc(C(C#N)CC(=O)O)cc2)cc1)c1cccc(C)c1. The minimum Gasteiger partial charge on any atom is -0.489 e. The smallest absolute Gasteiger partial charge is 0.305 e. The first-order valence-corrected chi connectivity index (χ1v) is 10.7. The van der Waals surface area contributed by atoms with Crippen LogP contribution < -0.4 is 9.47 Å². The summed E-state index contributed by atoms with van der Waals surface area (Å²) in [6, 6.07) is 24.5. The highest BCUT2D eigenvalue weighted by Gasteiger charge is 2.14.